The van der Waals surface area contributed by atoms with Gasteiger partial charge in [-0.3, -0.25) is 5.41 Å². The van der Waals surface area contributed by atoms with Crippen molar-refractivity contribution in [2.45, 2.75) is 52.4 Å². The van der Waals surface area contributed by atoms with E-state index in [1.165, 1.54) is 32.1 Å². The van der Waals surface area contributed by atoms with Gasteiger partial charge in [0.25, 0.3) is 0 Å². The summed E-state index contributed by atoms with van der Waals surface area (Å²) in [7, 11) is 0. The molecule has 0 saturated carbocycles. The lowest BCUT2D eigenvalue weighted by Gasteiger charge is -2.22. The highest BCUT2D eigenvalue weighted by molar-refractivity contribution is 5.78. The molecular formula is C12H24N2. The molecule has 0 bridgehead atoms. The van der Waals surface area contributed by atoms with Gasteiger partial charge in [-0.05, 0) is 25.2 Å². The number of amidine groups is 1. The van der Waals surface area contributed by atoms with Crippen molar-refractivity contribution < 1.29 is 0 Å². The van der Waals surface area contributed by atoms with E-state index in [1.54, 1.807) is 0 Å². The number of hydrogen-bond acceptors (Lipinski definition) is 1. The third-order valence-corrected chi connectivity index (χ3v) is 3.26. The van der Waals surface area contributed by atoms with Crippen molar-refractivity contribution >= 4 is 5.84 Å². The van der Waals surface area contributed by atoms with E-state index in [1.807, 2.05) is 0 Å². The molecule has 1 rings (SSSR count). The molecule has 1 atom stereocenters. The summed E-state index contributed by atoms with van der Waals surface area (Å²) in [5.74, 6) is 1.76. The summed E-state index contributed by atoms with van der Waals surface area (Å²) in [5, 5.41) is 7.82. The molecule has 1 saturated heterocycles. The van der Waals surface area contributed by atoms with Gasteiger partial charge in [-0.25, -0.2) is 0 Å². The highest BCUT2D eigenvalue weighted by Gasteiger charge is 2.16. The number of likely N-dealkylation sites (tertiary alicyclic amines) is 1. The summed E-state index contributed by atoms with van der Waals surface area (Å²) < 4.78 is 0. The maximum Gasteiger partial charge on any atom is 0.0954 e. The van der Waals surface area contributed by atoms with Crippen molar-refractivity contribution in [3.05, 3.63) is 0 Å². The second kappa shape index (κ2) is 6.05. The van der Waals surface area contributed by atoms with E-state index < -0.39 is 0 Å². The lowest BCUT2D eigenvalue weighted by Crippen LogP contribution is -2.30. The maximum absolute atomic E-state index is 7.82. The van der Waals surface area contributed by atoms with Gasteiger partial charge in [-0.2, -0.15) is 0 Å². The Bertz CT molecular complexity index is 177. The molecule has 1 heterocycles. The molecule has 0 aromatic carbocycles. The third-order valence-electron chi connectivity index (χ3n) is 3.26. The minimum Gasteiger partial charge on any atom is -0.361 e. The van der Waals surface area contributed by atoms with Gasteiger partial charge in [0.05, 0.1) is 5.84 Å². The van der Waals surface area contributed by atoms with Crippen molar-refractivity contribution in [3.8, 4) is 0 Å². The van der Waals surface area contributed by atoms with E-state index >= 15 is 0 Å². The minimum atomic E-state index is 0.835. The van der Waals surface area contributed by atoms with Crippen LogP contribution < -0.4 is 0 Å². The second-order valence-electron chi connectivity index (χ2n) is 4.37. The van der Waals surface area contributed by atoms with Crippen LogP contribution in [0.1, 0.15) is 52.4 Å². The molecule has 0 spiro atoms. The molecule has 0 radical (unpaired) electrons. The smallest absolute Gasteiger partial charge is 0.0954 e. The summed E-state index contributed by atoms with van der Waals surface area (Å²) in [6.45, 7) is 6.59. The molecule has 2 nitrogen and oxygen atoms in total. The van der Waals surface area contributed by atoms with Crippen LogP contribution in [0.2, 0.25) is 0 Å². The van der Waals surface area contributed by atoms with Crippen LogP contribution in [0, 0.1) is 11.3 Å². The van der Waals surface area contributed by atoms with Gasteiger partial charge in [0.1, 0.15) is 0 Å². The molecule has 0 aromatic rings. The van der Waals surface area contributed by atoms with Gasteiger partial charge in [0.15, 0.2) is 0 Å². The van der Waals surface area contributed by atoms with E-state index in [0.717, 1.165) is 31.3 Å². The van der Waals surface area contributed by atoms with Crippen molar-refractivity contribution in [2.75, 3.05) is 13.1 Å². The third kappa shape index (κ3) is 3.32. The van der Waals surface area contributed by atoms with Gasteiger partial charge >= 0.3 is 0 Å². The highest BCUT2D eigenvalue weighted by atomic mass is 15.2. The number of nitrogens with zero attached hydrogens (tertiary/aromatic N) is 1. The first-order chi connectivity index (χ1) is 6.77. The van der Waals surface area contributed by atoms with E-state index in [4.69, 9.17) is 5.41 Å². The van der Waals surface area contributed by atoms with Crippen LogP contribution in [0.3, 0.4) is 0 Å². The standard InChI is InChI=1S/C12H24N2/c1-3-6-11-7-5-9-14(10-8-11)12(13)4-2/h11,13H,3-10H2,1-2H3. The van der Waals surface area contributed by atoms with E-state index in [0.29, 0.717) is 0 Å². The zero-order valence-corrected chi connectivity index (χ0v) is 9.68. The predicted molar refractivity (Wildman–Crippen MR) is 61.8 cm³/mol. The van der Waals surface area contributed by atoms with E-state index in [2.05, 4.69) is 18.7 Å². The SMILES string of the molecule is CCCC1CCCN(C(=N)CC)CC1. The average molecular weight is 196 g/mol. The molecule has 1 aliphatic rings. The van der Waals surface area contributed by atoms with Crippen LogP contribution in [0.15, 0.2) is 0 Å². The largest absolute Gasteiger partial charge is 0.361 e. The summed E-state index contributed by atoms with van der Waals surface area (Å²) in [6, 6.07) is 0. The van der Waals surface area contributed by atoms with Crippen molar-refractivity contribution in [1.29, 1.82) is 5.41 Å². The van der Waals surface area contributed by atoms with Crippen LogP contribution in [-0.2, 0) is 0 Å². The molecule has 1 N–H and O–H groups in total. The topological polar surface area (TPSA) is 27.1 Å². The first kappa shape index (κ1) is 11.5. The monoisotopic (exact) mass is 196 g/mol. The van der Waals surface area contributed by atoms with Gasteiger partial charge in [0, 0.05) is 19.5 Å². The van der Waals surface area contributed by atoms with Crippen LogP contribution in [0.5, 0.6) is 0 Å². The molecule has 1 aliphatic heterocycles. The van der Waals surface area contributed by atoms with Crippen LogP contribution in [-0.4, -0.2) is 23.8 Å². The van der Waals surface area contributed by atoms with Crippen LogP contribution >= 0.6 is 0 Å². The van der Waals surface area contributed by atoms with E-state index in [9.17, 15) is 0 Å². The van der Waals surface area contributed by atoms with Crippen LogP contribution in [0.4, 0.5) is 0 Å². The average Bonchev–Trinajstić information content (AvgIpc) is 2.43. The molecule has 1 fully saturated rings. The lowest BCUT2D eigenvalue weighted by molar-refractivity contribution is 0.397. The van der Waals surface area contributed by atoms with E-state index in [-0.39, 0.29) is 0 Å². The van der Waals surface area contributed by atoms with Crippen molar-refractivity contribution in [1.82, 2.24) is 4.90 Å². The minimum absolute atomic E-state index is 0.835. The van der Waals surface area contributed by atoms with Gasteiger partial charge < -0.3 is 4.90 Å². The predicted octanol–water partition coefficient (Wildman–Crippen LogP) is 3.28. The zero-order valence-electron chi connectivity index (χ0n) is 9.68. The van der Waals surface area contributed by atoms with Gasteiger partial charge in [-0.1, -0.05) is 26.7 Å². The molecule has 2 heteroatoms. The van der Waals surface area contributed by atoms with Crippen molar-refractivity contribution in [2.24, 2.45) is 5.92 Å². The molecular weight excluding hydrogens is 172 g/mol. The Hall–Kier alpha value is -0.530. The van der Waals surface area contributed by atoms with Crippen LogP contribution in [0.25, 0.3) is 0 Å². The fourth-order valence-electron chi connectivity index (χ4n) is 2.36. The lowest BCUT2D eigenvalue weighted by atomic mass is 9.96. The Morgan fingerprint density at radius 3 is 2.71 bits per heavy atom. The number of rotatable bonds is 3. The second-order valence-corrected chi connectivity index (χ2v) is 4.37. The van der Waals surface area contributed by atoms with Gasteiger partial charge in [0.2, 0.25) is 0 Å². The summed E-state index contributed by atoms with van der Waals surface area (Å²) >= 11 is 0. The molecule has 1 unspecified atom stereocenters. The Kier molecular flexibility index (Phi) is 4.99. The normalized spacial score (nSPS) is 23.3. The molecule has 14 heavy (non-hydrogen) atoms. The Labute approximate surface area is 88.2 Å². The number of nitrogens with one attached hydrogen (secondary N) is 1. The fourth-order valence-corrected chi connectivity index (χ4v) is 2.36. The summed E-state index contributed by atoms with van der Waals surface area (Å²) in [4.78, 5) is 2.27. The fraction of sp³-hybridized carbons (Fsp3) is 0.917. The van der Waals surface area contributed by atoms with Gasteiger partial charge in [-0.15, -0.1) is 0 Å². The quantitative estimate of drug-likeness (QED) is 0.544. The Balaban J connectivity index is 2.36. The van der Waals surface area contributed by atoms with Crippen molar-refractivity contribution in [3.63, 3.8) is 0 Å². The maximum atomic E-state index is 7.82. The number of hydrogen-bond donors (Lipinski definition) is 1. The summed E-state index contributed by atoms with van der Waals surface area (Å²) in [6.07, 6.45) is 7.55. The first-order valence-corrected chi connectivity index (χ1v) is 6.10. The summed E-state index contributed by atoms with van der Waals surface area (Å²) in [5.41, 5.74) is 0. The molecule has 0 amide bonds. The molecule has 0 aromatic heterocycles. The Morgan fingerprint density at radius 2 is 2.07 bits per heavy atom. The Morgan fingerprint density at radius 1 is 1.29 bits per heavy atom. The first-order valence-electron chi connectivity index (χ1n) is 6.10. The molecule has 0 aliphatic carbocycles. The molecule has 82 valence electrons. The zero-order chi connectivity index (χ0) is 10.4. The highest BCUT2D eigenvalue weighted by Crippen LogP contribution is 2.22.